The van der Waals surface area contributed by atoms with E-state index in [0.717, 1.165) is 34.5 Å². The van der Waals surface area contributed by atoms with Crippen molar-refractivity contribution in [3.63, 3.8) is 0 Å². The Bertz CT molecular complexity index is 1390. The van der Waals surface area contributed by atoms with Crippen molar-refractivity contribution >= 4 is 22.4 Å². The van der Waals surface area contributed by atoms with E-state index in [4.69, 9.17) is 14.7 Å². The van der Waals surface area contributed by atoms with E-state index < -0.39 is 0 Å². The molecule has 0 spiro atoms. The second-order valence-corrected chi connectivity index (χ2v) is 8.36. The fourth-order valence-electron chi connectivity index (χ4n) is 4.81. The number of hydrogen-bond donors (Lipinski definition) is 1. The average molecular weight is 440 g/mol. The number of aromatic nitrogens is 3. The van der Waals surface area contributed by atoms with E-state index in [-0.39, 0.29) is 11.9 Å². The molecule has 164 valence electrons. The molecule has 1 fully saturated rings. The van der Waals surface area contributed by atoms with Crippen LogP contribution < -0.4 is 9.80 Å². The summed E-state index contributed by atoms with van der Waals surface area (Å²) in [7, 11) is 0. The third kappa shape index (κ3) is 3.38. The number of hydrogen-bond acceptors (Lipinski definition) is 6. The van der Waals surface area contributed by atoms with Crippen LogP contribution in [0.25, 0.3) is 22.3 Å². The highest BCUT2D eigenvalue weighted by atomic mass is 19.1. The summed E-state index contributed by atoms with van der Waals surface area (Å²) in [6, 6.07) is 14.7. The highest BCUT2D eigenvalue weighted by molar-refractivity contribution is 5.93. The number of H-pyrrole nitrogens is 1. The van der Waals surface area contributed by atoms with Gasteiger partial charge in [0.15, 0.2) is 11.6 Å². The first-order valence-corrected chi connectivity index (χ1v) is 10.9. The maximum Gasteiger partial charge on any atom is 0.162 e. The number of ether oxygens (including phenoxy) is 1. The molecule has 0 bridgehead atoms. The van der Waals surface area contributed by atoms with Gasteiger partial charge in [0, 0.05) is 42.3 Å². The molecule has 2 aromatic carbocycles. The van der Waals surface area contributed by atoms with Gasteiger partial charge in [0.2, 0.25) is 0 Å². The van der Waals surface area contributed by atoms with Crippen LogP contribution in [0.15, 0.2) is 54.9 Å². The molecule has 2 aliphatic heterocycles. The van der Waals surface area contributed by atoms with E-state index >= 15 is 0 Å². The van der Waals surface area contributed by atoms with Crippen LogP contribution in [0.3, 0.4) is 0 Å². The van der Waals surface area contributed by atoms with Gasteiger partial charge in [0.1, 0.15) is 5.82 Å². The zero-order valence-corrected chi connectivity index (χ0v) is 17.8. The Morgan fingerprint density at radius 1 is 1.24 bits per heavy atom. The van der Waals surface area contributed by atoms with E-state index in [1.54, 1.807) is 0 Å². The Morgan fingerprint density at radius 2 is 2.18 bits per heavy atom. The monoisotopic (exact) mass is 440 g/mol. The quantitative estimate of drug-likeness (QED) is 0.521. The summed E-state index contributed by atoms with van der Waals surface area (Å²) < 4.78 is 19.7. The Balaban J connectivity index is 1.45. The Hall–Kier alpha value is -3.96. The van der Waals surface area contributed by atoms with Gasteiger partial charge >= 0.3 is 0 Å². The predicted octanol–water partition coefficient (Wildman–Crippen LogP) is 3.86. The molecule has 4 heterocycles. The molecule has 8 heteroatoms. The van der Waals surface area contributed by atoms with Gasteiger partial charge < -0.3 is 19.5 Å². The summed E-state index contributed by atoms with van der Waals surface area (Å²) in [4.78, 5) is 17.4. The number of benzene rings is 2. The molecule has 7 nitrogen and oxygen atoms in total. The van der Waals surface area contributed by atoms with Gasteiger partial charge in [-0.15, -0.1) is 0 Å². The maximum absolute atomic E-state index is 14.0. The minimum atomic E-state index is -0.352. The van der Waals surface area contributed by atoms with E-state index in [1.165, 1.54) is 18.2 Å². The zero-order chi connectivity index (χ0) is 22.4. The maximum atomic E-state index is 14.0. The Kier molecular flexibility index (Phi) is 4.70. The van der Waals surface area contributed by atoms with E-state index in [9.17, 15) is 9.65 Å². The molecule has 2 aromatic heterocycles. The molecule has 0 radical (unpaired) electrons. The number of aromatic amines is 1. The number of nitriles is 1. The molecule has 6 rings (SSSR count). The molecule has 4 aromatic rings. The van der Waals surface area contributed by atoms with Crippen LogP contribution in [0.2, 0.25) is 0 Å². The molecule has 1 atom stereocenters. The van der Waals surface area contributed by atoms with Crippen molar-refractivity contribution in [2.24, 2.45) is 0 Å². The lowest BCUT2D eigenvalue weighted by atomic mass is 10.0. The smallest absolute Gasteiger partial charge is 0.162 e. The standard InChI is InChI=1S/C25H21FN6O/c26-18-5-4-16(11-27)17(10-18)13-31-14-19-15-33-9-8-32(19)25-23(31)12-29-24(30-25)21-2-1-3-22-20(21)6-7-28-22/h1-7,10,12,19,28H,8-9,13-15H2. The topological polar surface area (TPSA) is 81.1 Å². The highest BCUT2D eigenvalue weighted by Crippen LogP contribution is 2.38. The van der Waals surface area contributed by atoms with Crippen LogP contribution in [0.1, 0.15) is 11.1 Å². The summed E-state index contributed by atoms with van der Waals surface area (Å²) in [5, 5.41) is 10.6. The minimum Gasteiger partial charge on any atom is -0.377 e. The molecule has 1 saturated heterocycles. The highest BCUT2D eigenvalue weighted by Gasteiger charge is 2.35. The molecule has 0 aliphatic carbocycles. The largest absolute Gasteiger partial charge is 0.377 e. The number of halogens is 1. The first-order chi connectivity index (χ1) is 16.2. The van der Waals surface area contributed by atoms with Gasteiger partial charge in [-0.1, -0.05) is 12.1 Å². The number of nitrogens with one attached hydrogen (secondary N) is 1. The van der Waals surface area contributed by atoms with Crippen LogP contribution in [-0.4, -0.2) is 47.3 Å². The number of nitrogens with zero attached hydrogens (tertiary/aromatic N) is 5. The van der Waals surface area contributed by atoms with Gasteiger partial charge in [-0.25, -0.2) is 14.4 Å². The second-order valence-electron chi connectivity index (χ2n) is 8.36. The van der Waals surface area contributed by atoms with Gasteiger partial charge in [-0.2, -0.15) is 5.26 Å². The molecule has 1 unspecified atom stereocenters. The molecular weight excluding hydrogens is 419 g/mol. The second kappa shape index (κ2) is 7.87. The number of fused-ring (bicyclic) bond motifs is 4. The van der Waals surface area contributed by atoms with Gasteiger partial charge in [0.25, 0.3) is 0 Å². The lowest BCUT2D eigenvalue weighted by Crippen LogP contribution is -2.55. The molecule has 1 N–H and O–H groups in total. The van der Waals surface area contributed by atoms with Crippen molar-refractivity contribution in [1.82, 2.24) is 15.0 Å². The summed E-state index contributed by atoms with van der Waals surface area (Å²) in [5.74, 6) is 1.16. The normalized spacial score (nSPS) is 17.5. The third-order valence-corrected chi connectivity index (χ3v) is 6.41. The minimum absolute atomic E-state index is 0.121. The molecule has 33 heavy (non-hydrogen) atoms. The van der Waals surface area contributed by atoms with Crippen molar-refractivity contribution in [3.05, 3.63) is 71.8 Å². The van der Waals surface area contributed by atoms with Crippen molar-refractivity contribution in [2.75, 3.05) is 36.1 Å². The van der Waals surface area contributed by atoms with E-state index in [2.05, 4.69) is 20.9 Å². The SMILES string of the molecule is N#Cc1ccc(F)cc1CN1CC2COCCN2c2nc(-c3cccc4[nH]ccc34)ncc21. The van der Waals surface area contributed by atoms with Gasteiger partial charge in [-0.3, -0.25) is 0 Å². The van der Waals surface area contributed by atoms with Crippen LogP contribution in [0, 0.1) is 17.1 Å². The van der Waals surface area contributed by atoms with Crippen LogP contribution in [0.5, 0.6) is 0 Å². The van der Waals surface area contributed by atoms with Crippen LogP contribution in [0.4, 0.5) is 15.9 Å². The fourth-order valence-corrected chi connectivity index (χ4v) is 4.81. The summed E-state index contributed by atoms with van der Waals surface area (Å²) in [6.07, 6.45) is 3.76. The summed E-state index contributed by atoms with van der Waals surface area (Å²) in [6.45, 7) is 3.07. The number of anilines is 2. The molecule has 0 amide bonds. The van der Waals surface area contributed by atoms with Crippen molar-refractivity contribution in [2.45, 2.75) is 12.6 Å². The summed E-state index contributed by atoms with van der Waals surface area (Å²) >= 11 is 0. The lowest BCUT2D eigenvalue weighted by molar-refractivity contribution is 0.0936. The summed E-state index contributed by atoms with van der Waals surface area (Å²) in [5.41, 5.74) is 4.00. The van der Waals surface area contributed by atoms with Gasteiger partial charge in [-0.05, 0) is 35.9 Å². The zero-order valence-electron chi connectivity index (χ0n) is 17.8. The van der Waals surface area contributed by atoms with Crippen molar-refractivity contribution in [3.8, 4) is 17.5 Å². The lowest BCUT2D eigenvalue weighted by Gasteiger charge is -2.45. The van der Waals surface area contributed by atoms with E-state index in [1.807, 2.05) is 36.7 Å². The number of rotatable bonds is 3. The first kappa shape index (κ1) is 19.7. The molecule has 0 saturated carbocycles. The van der Waals surface area contributed by atoms with Crippen LogP contribution in [-0.2, 0) is 11.3 Å². The van der Waals surface area contributed by atoms with Gasteiger partial charge in [0.05, 0.1) is 42.8 Å². The van der Waals surface area contributed by atoms with Crippen molar-refractivity contribution < 1.29 is 9.13 Å². The van der Waals surface area contributed by atoms with E-state index in [0.29, 0.717) is 43.3 Å². The first-order valence-electron chi connectivity index (χ1n) is 10.9. The Labute approximate surface area is 190 Å². The van der Waals surface area contributed by atoms with Crippen molar-refractivity contribution in [1.29, 1.82) is 5.26 Å². The molecular formula is C25H21FN6O. The number of morpholine rings is 1. The Morgan fingerprint density at radius 3 is 3.09 bits per heavy atom. The average Bonchev–Trinajstić information content (AvgIpc) is 3.33. The van der Waals surface area contributed by atoms with Crippen LogP contribution >= 0.6 is 0 Å². The predicted molar refractivity (Wildman–Crippen MR) is 123 cm³/mol. The fraction of sp³-hybridized carbons (Fsp3) is 0.240. The third-order valence-electron chi connectivity index (χ3n) is 6.41. The molecule has 2 aliphatic rings.